The highest BCUT2D eigenvalue weighted by molar-refractivity contribution is 5.55. The molecule has 1 aromatic rings. The van der Waals surface area contributed by atoms with Gasteiger partial charge in [0.1, 0.15) is 5.75 Å². The van der Waals surface area contributed by atoms with Crippen LogP contribution in [0.15, 0.2) is 12.1 Å². The van der Waals surface area contributed by atoms with Crippen molar-refractivity contribution in [3.63, 3.8) is 0 Å². The van der Waals surface area contributed by atoms with Crippen LogP contribution in [0, 0.1) is 6.92 Å². The van der Waals surface area contributed by atoms with Gasteiger partial charge in [-0.2, -0.15) is 0 Å². The Bertz CT molecular complexity index is 423. The molecule has 1 aliphatic heterocycles. The number of rotatable bonds is 5. The molecular formula is C16H25NO2. The van der Waals surface area contributed by atoms with E-state index in [4.69, 9.17) is 15.2 Å². The minimum absolute atomic E-state index is 0.386. The Hall–Kier alpha value is -1.22. The van der Waals surface area contributed by atoms with Gasteiger partial charge in [-0.25, -0.2) is 0 Å². The molecule has 19 heavy (non-hydrogen) atoms. The minimum atomic E-state index is 0.386. The number of nitrogens with two attached hydrogens (primary N) is 1. The Balaban J connectivity index is 1.99. The Morgan fingerprint density at radius 3 is 2.84 bits per heavy atom. The molecule has 1 unspecified atom stereocenters. The fraction of sp³-hybridized carbons (Fsp3) is 0.625. The first-order valence-electron chi connectivity index (χ1n) is 7.22. The van der Waals surface area contributed by atoms with Gasteiger partial charge in [0.15, 0.2) is 0 Å². The van der Waals surface area contributed by atoms with E-state index in [1.54, 1.807) is 0 Å². The van der Waals surface area contributed by atoms with Crippen LogP contribution in [-0.4, -0.2) is 19.3 Å². The van der Waals surface area contributed by atoms with E-state index in [0.717, 1.165) is 30.0 Å². The fourth-order valence-corrected chi connectivity index (χ4v) is 2.46. The first-order chi connectivity index (χ1) is 9.08. The van der Waals surface area contributed by atoms with Crippen LogP contribution in [0.2, 0.25) is 0 Å². The van der Waals surface area contributed by atoms with Crippen molar-refractivity contribution in [2.24, 2.45) is 0 Å². The minimum Gasteiger partial charge on any atom is -0.493 e. The number of benzene rings is 1. The molecule has 1 saturated heterocycles. The van der Waals surface area contributed by atoms with Crippen molar-refractivity contribution < 1.29 is 9.47 Å². The SMILES string of the molecule is Cc1cc(OCCC2CCCO2)c(C(C)C)cc1N. The zero-order chi connectivity index (χ0) is 13.8. The lowest BCUT2D eigenvalue weighted by molar-refractivity contribution is 0.0902. The molecule has 0 radical (unpaired) electrons. The van der Waals surface area contributed by atoms with Crippen LogP contribution < -0.4 is 10.5 Å². The molecule has 1 heterocycles. The van der Waals surface area contributed by atoms with E-state index < -0.39 is 0 Å². The molecule has 106 valence electrons. The third-order valence-electron chi connectivity index (χ3n) is 3.74. The summed E-state index contributed by atoms with van der Waals surface area (Å²) in [5.74, 6) is 1.39. The number of anilines is 1. The maximum Gasteiger partial charge on any atom is 0.123 e. The van der Waals surface area contributed by atoms with Gasteiger partial charge in [-0.15, -0.1) is 0 Å². The van der Waals surface area contributed by atoms with Crippen molar-refractivity contribution in [1.29, 1.82) is 0 Å². The third kappa shape index (κ3) is 3.63. The molecule has 0 aromatic heterocycles. The monoisotopic (exact) mass is 263 g/mol. The van der Waals surface area contributed by atoms with Gasteiger partial charge in [0.2, 0.25) is 0 Å². The summed E-state index contributed by atoms with van der Waals surface area (Å²) >= 11 is 0. The molecule has 0 bridgehead atoms. The van der Waals surface area contributed by atoms with E-state index in [9.17, 15) is 0 Å². The third-order valence-corrected chi connectivity index (χ3v) is 3.74. The van der Waals surface area contributed by atoms with Crippen LogP contribution in [0.3, 0.4) is 0 Å². The Kier molecular flexibility index (Phi) is 4.70. The Morgan fingerprint density at radius 1 is 1.42 bits per heavy atom. The normalized spacial score (nSPS) is 19.1. The fourth-order valence-electron chi connectivity index (χ4n) is 2.46. The summed E-state index contributed by atoms with van der Waals surface area (Å²) in [6, 6.07) is 4.10. The number of aryl methyl sites for hydroxylation is 1. The lowest BCUT2D eigenvalue weighted by Crippen LogP contribution is -2.11. The van der Waals surface area contributed by atoms with E-state index in [0.29, 0.717) is 18.6 Å². The highest BCUT2D eigenvalue weighted by Crippen LogP contribution is 2.31. The average Bonchev–Trinajstić information content (AvgIpc) is 2.86. The lowest BCUT2D eigenvalue weighted by atomic mass is 9.99. The van der Waals surface area contributed by atoms with Crippen LogP contribution in [-0.2, 0) is 4.74 Å². The quantitative estimate of drug-likeness (QED) is 0.825. The molecule has 3 heteroatoms. The van der Waals surface area contributed by atoms with Gasteiger partial charge < -0.3 is 15.2 Å². The van der Waals surface area contributed by atoms with E-state index in [1.165, 1.54) is 18.4 Å². The first kappa shape index (κ1) is 14.2. The summed E-state index contributed by atoms with van der Waals surface area (Å²) in [4.78, 5) is 0. The molecule has 2 rings (SSSR count). The summed E-state index contributed by atoms with van der Waals surface area (Å²) < 4.78 is 11.6. The molecule has 1 aliphatic rings. The van der Waals surface area contributed by atoms with Crippen LogP contribution in [0.1, 0.15) is 50.2 Å². The van der Waals surface area contributed by atoms with E-state index >= 15 is 0 Å². The summed E-state index contributed by atoms with van der Waals surface area (Å²) in [6.45, 7) is 7.97. The molecule has 1 atom stereocenters. The number of ether oxygens (including phenoxy) is 2. The predicted octanol–water partition coefficient (Wildman–Crippen LogP) is 3.65. The van der Waals surface area contributed by atoms with Gasteiger partial charge in [0.05, 0.1) is 12.7 Å². The molecule has 2 N–H and O–H groups in total. The van der Waals surface area contributed by atoms with Crippen LogP contribution in [0.25, 0.3) is 0 Å². The second kappa shape index (κ2) is 6.29. The smallest absolute Gasteiger partial charge is 0.123 e. The van der Waals surface area contributed by atoms with Crippen molar-refractivity contribution in [2.45, 2.75) is 52.1 Å². The Morgan fingerprint density at radius 2 is 2.21 bits per heavy atom. The summed E-state index contributed by atoms with van der Waals surface area (Å²) in [7, 11) is 0. The van der Waals surface area contributed by atoms with Crippen LogP contribution in [0.4, 0.5) is 5.69 Å². The highest BCUT2D eigenvalue weighted by Gasteiger charge is 2.16. The van der Waals surface area contributed by atoms with Crippen molar-refractivity contribution in [3.8, 4) is 5.75 Å². The number of nitrogen functional groups attached to an aromatic ring is 1. The maximum absolute atomic E-state index is 5.98. The van der Waals surface area contributed by atoms with E-state index in [2.05, 4.69) is 19.9 Å². The average molecular weight is 263 g/mol. The summed E-state index contributed by atoms with van der Waals surface area (Å²) in [5, 5.41) is 0. The maximum atomic E-state index is 5.98. The molecule has 0 spiro atoms. The number of hydrogen-bond acceptors (Lipinski definition) is 3. The zero-order valence-electron chi connectivity index (χ0n) is 12.2. The topological polar surface area (TPSA) is 44.5 Å². The molecule has 1 fully saturated rings. The van der Waals surface area contributed by atoms with Gasteiger partial charge in [-0.3, -0.25) is 0 Å². The first-order valence-corrected chi connectivity index (χ1v) is 7.22. The molecule has 0 saturated carbocycles. The van der Waals surface area contributed by atoms with Crippen molar-refractivity contribution in [3.05, 3.63) is 23.3 Å². The standard InChI is InChI=1S/C16H25NO2/c1-11(2)14-10-15(17)12(3)9-16(14)19-8-6-13-5-4-7-18-13/h9-11,13H,4-8,17H2,1-3H3. The van der Waals surface area contributed by atoms with Gasteiger partial charge in [0, 0.05) is 18.7 Å². The van der Waals surface area contributed by atoms with E-state index in [1.807, 2.05) is 13.0 Å². The molecule has 0 aliphatic carbocycles. The van der Waals surface area contributed by atoms with Gasteiger partial charge in [-0.05, 0) is 48.9 Å². The second-order valence-electron chi connectivity index (χ2n) is 5.67. The van der Waals surface area contributed by atoms with Crippen LogP contribution >= 0.6 is 0 Å². The molecule has 0 amide bonds. The van der Waals surface area contributed by atoms with Gasteiger partial charge in [0.25, 0.3) is 0 Å². The van der Waals surface area contributed by atoms with Gasteiger partial charge in [-0.1, -0.05) is 13.8 Å². The summed E-state index contributed by atoms with van der Waals surface area (Å²) in [6.07, 6.45) is 3.71. The number of hydrogen-bond donors (Lipinski definition) is 1. The van der Waals surface area contributed by atoms with Crippen molar-refractivity contribution >= 4 is 5.69 Å². The second-order valence-corrected chi connectivity index (χ2v) is 5.67. The van der Waals surface area contributed by atoms with Crippen molar-refractivity contribution in [1.82, 2.24) is 0 Å². The van der Waals surface area contributed by atoms with Crippen LogP contribution in [0.5, 0.6) is 5.75 Å². The van der Waals surface area contributed by atoms with E-state index in [-0.39, 0.29) is 0 Å². The lowest BCUT2D eigenvalue weighted by Gasteiger charge is -2.17. The Labute approximate surface area is 116 Å². The largest absolute Gasteiger partial charge is 0.493 e. The summed E-state index contributed by atoms with van der Waals surface area (Å²) in [5.41, 5.74) is 9.09. The van der Waals surface area contributed by atoms with Crippen molar-refractivity contribution in [2.75, 3.05) is 18.9 Å². The highest BCUT2D eigenvalue weighted by atomic mass is 16.5. The van der Waals surface area contributed by atoms with Gasteiger partial charge >= 0.3 is 0 Å². The molecular weight excluding hydrogens is 238 g/mol. The molecule has 1 aromatic carbocycles. The predicted molar refractivity (Wildman–Crippen MR) is 78.8 cm³/mol. The molecule has 3 nitrogen and oxygen atoms in total. The zero-order valence-corrected chi connectivity index (χ0v) is 12.2.